The Hall–Kier alpha value is -2.13. The third kappa shape index (κ3) is 5.23. The van der Waals surface area contributed by atoms with Crippen LogP contribution in [0.25, 0.3) is 0 Å². The van der Waals surface area contributed by atoms with E-state index in [0.717, 1.165) is 38.8 Å². The van der Waals surface area contributed by atoms with E-state index < -0.39 is 11.2 Å². The number of unbranched alkanes of at least 4 members (excludes halogenated alkanes) is 1. The summed E-state index contributed by atoms with van der Waals surface area (Å²) >= 11 is 0. The average molecular weight is 396 g/mol. The maximum absolute atomic E-state index is 12.9. The highest BCUT2D eigenvalue weighted by molar-refractivity contribution is 5.96. The summed E-state index contributed by atoms with van der Waals surface area (Å²) in [6.45, 7) is 8.93. The highest BCUT2D eigenvalue weighted by Gasteiger charge is 2.26. The molecule has 0 atom stereocenters. The molecule has 1 amide bonds. The lowest BCUT2D eigenvalue weighted by Gasteiger charge is -2.32. The number of amides is 1. The minimum Gasteiger partial charge on any atom is -0.383 e. The third-order valence-corrected chi connectivity index (χ3v) is 5.13. The van der Waals surface area contributed by atoms with E-state index in [1.807, 2.05) is 13.8 Å². The summed E-state index contributed by atoms with van der Waals surface area (Å²) in [7, 11) is 0. The van der Waals surface area contributed by atoms with Crippen LogP contribution in [-0.2, 0) is 16.1 Å². The van der Waals surface area contributed by atoms with Gasteiger partial charge in [0.2, 0.25) is 5.91 Å². The molecule has 1 aliphatic heterocycles. The number of rotatable bonds is 9. The Morgan fingerprint density at radius 1 is 1.25 bits per heavy atom. The minimum atomic E-state index is -0.625. The van der Waals surface area contributed by atoms with Gasteiger partial charge in [-0.3, -0.25) is 24.0 Å². The van der Waals surface area contributed by atoms with Crippen molar-refractivity contribution in [1.29, 1.82) is 0 Å². The van der Waals surface area contributed by atoms with Gasteiger partial charge >= 0.3 is 5.69 Å². The second-order valence-electron chi connectivity index (χ2n) is 7.07. The molecule has 0 bridgehead atoms. The second-order valence-corrected chi connectivity index (χ2v) is 7.07. The number of likely N-dealkylation sites (tertiary alicyclic amines) is 1. The molecule has 1 aromatic heterocycles. The van der Waals surface area contributed by atoms with Crippen molar-refractivity contribution in [3.63, 3.8) is 0 Å². The van der Waals surface area contributed by atoms with Gasteiger partial charge in [-0.05, 0) is 33.1 Å². The van der Waals surface area contributed by atoms with Crippen molar-refractivity contribution in [3.8, 4) is 0 Å². The van der Waals surface area contributed by atoms with Crippen LogP contribution in [0.2, 0.25) is 0 Å². The predicted octanol–water partition coefficient (Wildman–Crippen LogP) is 0.773. The average Bonchev–Trinajstić information content (AvgIpc) is 2.66. The topological polar surface area (TPSA) is 114 Å². The number of hydrogen-bond acceptors (Lipinski definition) is 6. The molecule has 1 fully saturated rings. The second kappa shape index (κ2) is 10.4. The molecule has 28 heavy (non-hydrogen) atoms. The van der Waals surface area contributed by atoms with E-state index in [-0.39, 0.29) is 30.1 Å². The first-order chi connectivity index (χ1) is 13.4. The Morgan fingerprint density at radius 3 is 2.50 bits per heavy atom. The number of anilines is 2. The number of nitrogens with two attached hydrogens (primary N) is 1. The number of likely N-dealkylation sites (N-methyl/N-ethyl adjacent to an activating group) is 1. The molecule has 0 saturated carbocycles. The molecule has 2 heterocycles. The Balaban J connectivity index is 2.17. The first-order valence-electron chi connectivity index (χ1n) is 10.2. The molecule has 1 aliphatic rings. The number of piperidine rings is 1. The maximum Gasteiger partial charge on any atom is 0.330 e. The Bertz CT molecular complexity index is 765. The van der Waals surface area contributed by atoms with Gasteiger partial charge in [0, 0.05) is 32.8 Å². The van der Waals surface area contributed by atoms with Gasteiger partial charge in [0.15, 0.2) is 5.69 Å². The van der Waals surface area contributed by atoms with Crippen LogP contribution < -0.4 is 21.9 Å². The van der Waals surface area contributed by atoms with Crippen molar-refractivity contribution in [3.05, 3.63) is 20.8 Å². The molecule has 9 nitrogen and oxygen atoms in total. The van der Waals surface area contributed by atoms with Gasteiger partial charge in [0.1, 0.15) is 5.82 Å². The van der Waals surface area contributed by atoms with E-state index in [1.54, 1.807) is 6.92 Å². The zero-order chi connectivity index (χ0) is 20.7. The summed E-state index contributed by atoms with van der Waals surface area (Å²) in [5.41, 5.74) is 5.04. The lowest BCUT2D eigenvalue weighted by molar-refractivity contribution is -0.120. The number of aromatic amines is 1. The monoisotopic (exact) mass is 395 g/mol. The molecular weight excluding hydrogens is 362 g/mol. The summed E-state index contributed by atoms with van der Waals surface area (Å²) in [5.74, 6) is -0.150. The molecule has 3 N–H and O–H groups in total. The van der Waals surface area contributed by atoms with Crippen molar-refractivity contribution in [2.45, 2.75) is 59.1 Å². The molecule has 0 aliphatic carbocycles. The van der Waals surface area contributed by atoms with Crippen molar-refractivity contribution in [2.75, 3.05) is 43.4 Å². The standard InChI is InChI=1S/C19H33N5O4/c1-4-7-10-24-17(20)16(18(26)21-19(24)27)23(5-2)15(25)13-22-11-8-14(9-12-22)28-6-3/h14H,4-13,20H2,1-3H3,(H,21,26,27). The van der Waals surface area contributed by atoms with Gasteiger partial charge in [-0.2, -0.15) is 0 Å². The first kappa shape index (κ1) is 22.2. The number of aromatic nitrogens is 2. The zero-order valence-electron chi connectivity index (χ0n) is 17.2. The van der Waals surface area contributed by atoms with Gasteiger partial charge in [-0.25, -0.2) is 4.79 Å². The first-order valence-corrected chi connectivity index (χ1v) is 10.2. The van der Waals surface area contributed by atoms with Crippen LogP contribution in [0.15, 0.2) is 9.59 Å². The van der Waals surface area contributed by atoms with Crippen LogP contribution in [-0.4, -0.2) is 59.2 Å². The fourth-order valence-corrected chi connectivity index (χ4v) is 3.58. The number of nitrogen functional groups attached to an aromatic ring is 1. The smallest absolute Gasteiger partial charge is 0.330 e. The number of nitrogens with one attached hydrogen (secondary N) is 1. The van der Waals surface area contributed by atoms with Gasteiger partial charge in [0.05, 0.1) is 12.6 Å². The predicted molar refractivity (Wildman–Crippen MR) is 110 cm³/mol. The molecule has 9 heteroatoms. The Labute approximate surface area is 165 Å². The molecule has 2 rings (SSSR count). The molecular formula is C19H33N5O4. The summed E-state index contributed by atoms with van der Waals surface area (Å²) < 4.78 is 6.98. The van der Waals surface area contributed by atoms with Crippen LogP contribution in [0, 0.1) is 0 Å². The van der Waals surface area contributed by atoms with Gasteiger partial charge in [-0.15, -0.1) is 0 Å². The van der Waals surface area contributed by atoms with Crippen molar-refractivity contribution >= 4 is 17.4 Å². The van der Waals surface area contributed by atoms with Crippen molar-refractivity contribution in [1.82, 2.24) is 14.5 Å². The number of H-pyrrole nitrogens is 1. The fourth-order valence-electron chi connectivity index (χ4n) is 3.58. The Morgan fingerprint density at radius 2 is 1.93 bits per heavy atom. The fraction of sp³-hybridized carbons (Fsp3) is 0.737. The number of hydrogen-bond donors (Lipinski definition) is 2. The molecule has 1 aromatic rings. The summed E-state index contributed by atoms with van der Waals surface area (Å²) in [6, 6.07) is 0. The summed E-state index contributed by atoms with van der Waals surface area (Å²) in [5, 5.41) is 0. The normalized spacial score (nSPS) is 15.7. The molecule has 1 saturated heterocycles. The van der Waals surface area contributed by atoms with Crippen LogP contribution in [0.5, 0.6) is 0 Å². The summed E-state index contributed by atoms with van der Waals surface area (Å²) in [4.78, 5) is 43.2. The van der Waals surface area contributed by atoms with Crippen molar-refractivity contribution in [2.24, 2.45) is 0 Å². The molecule has 0 radical (unpaired) electrons. The minimum absolute atomic E-state index is 0.0486. The Kier molecular flexibility index (Phi) is 8.25. The molecule has 158 valence electrons. The number of carbonyl (C=O) groups excluding carboxylic acids is 1. The maximum atomic E-state index is 12.9. The number of nitrogens with zero attached hydrogens (tertiary/aromatic N) is 3. The van der Waals surface area contributed by atoms with Crippen LogP contribution in [0.3, 0.4) is 0 Å². The van der Waals surface area contributed by atoms with E-state index >= 15 is 0 Å². The number of ether oxygens (including phenoxy) is 1. The largest absolute Gasteiger partial charge is 0.383 e. The molecule has 0 spiro atoms. The zero-order valence-corrected chi connectivity index (χ0v) is 17.2. The highest BCUT2D eigenvalue weighted by atomic mass is 16.5. The van der Waals surface area contributed by atoms with E-state index in [9.17, 15) is 14.4 Å². The van der Waals surface area contributed by atoms with E-state index in [4.69, 9.17) is 10.5 Å². The SMILES string of the molecule is CCCCn1c(N)c(N(CC)C(=O)CN2CCC(OCC)CC2)c(=O)[nH]c1=O. The van der Waals surface area contributed by atoms with Gasteiger partial charge in [-0.1, -0.05) is 13.3 Å². The van der Waals surface area contributed by atoms with E-state index in [2.05, 4.69) is 9.88 Å². The van der Waals surface area contributed by atoms with Crippen LogP contribution in [0.4, 0.5) is 11.5 Å². The summed E-state index contributed by atoms with van der Waals surface area (Å²) in [6.07, 6.45) is 3.66. The van der Waals surface area contributed by atoms with Gasteiger partial charge in [0.25, 0.3) is 5.56 Å². The lowest BCUT2D eigenvalue weighted by atomic mass is 10.1. The quantitative estimate of drug-likeness (QED) is 0.638. The van der Waals surface area contributed by atoms with Gasteiger partial charge < -0.3 is 15.4 Å². The van der Waals surface area contributed by atoms with Crippen molar-refractivity contribution < 1.29 is 9.53 Å². The molecule has 0 aromatic carbocycles. The van der Waals surface area contributed by atoms with E-state index in [0.29, 0.717) is 19.7 Å². The van der Waals surface area contributed by atoms with Crippen LogP contribution in [0.1, 0.15) is 46.5 Å². The highest BCUT2D eigenvalue weighted by Crippen LogP contribution is 2.19. The van der Waals surface area contributed by atoms with E-state index in [1.165, 1.54) is 9.47 Å². The number of carbonyl (C=O) groups is 1. The lowest BCUT2D eigenvalue weighted by Crippen LogP contribution is -2.47. The third-order valence-electron chi connectivity index (χ3n) is 5.13. The molecule has 0 unspecified atom stereocenters. The van der Waals surface area contributed by atoms with Crippen LogP contribution >= 0.6 is 0 Å².